The molecule has 0 unspecified atom stereocenters. The Hall–Kier alpha value is -2.22. The molecule has 0 saturated carbocycles. The molecule has 2 aromatic carbocycles. The molecule has 0 atom stereocenters. The highest BCUT2D eigenvalue weighted by atomic mass is 16.5. The second kappa shape index (κ2) is 4.57. The third-order valence-corrected chi connectivity index (χ3v) is 3.15. The van der Waals surface area contributed by atoms with E-state index in [9.17, 15) is 0 Å². The fourth-order valence-corrected chi connectivity index (χ4v) is 2.31. The minimum atomic E-state index is 0.865. The summed E-state index contributed by atoms with van der Waals surface area (Å²) in [4.78, 5) is 0. The van der Waals surface area contributed by atoms with Crippen LogP contribution in [0.2, 0.25) is 0 Å². The van der Waals surface area contributed by atoms with E-state index in [1.54, 1.807) is 19.6 Å². The Morgan fingerprint density at radius 3 is 2.78 bits per heavy atom. The lowest BCUT2D eigenvalue weighted by atomic mass is 9.95. The highest BCUT2D eigenvalue weighted by Crippen LogP contribution is 2.36. The standard InChI is InChI=1S/C16H14O2/c1-17-15-9-8-12-5-2-3-7-14(12)16(15)13-6-4-10-18-11-13/h2-5,7-11H,6H2,1H3. The minimum Gasteiger partial charge on any atom is -0.496 e. The molecule has 0 aliphatic carbocycles. The molecule has 0 aromatic heterocycles. The van der Waals surface area contributed by atoms with Crippen LogP contribution in [-0.2, 0) is 4.74 Å². The Balaban J connectivity index is 2.26. The SMILES string of the molecule is COc1ccc2ccccc2c1C1=COC=CC1. The van der Waals surface area contributed by atoms with Gasteiger partial charge in [-0.25, -0.2) is 0 Å². The van der Waals surface area contributed by atoms with E-state index >= 15 is 0 Å². The summed E-state index contributed by atoms with van der Waals surface area (Å²) in [6.07, 6.45) is 6.38. The normalized spacial score (nSPS) is 14.2. The first-order chi connectivity index (χ1) is 8.90. The molecule has 0 bridgehead atoms. The smallest absolute Gasteiger partial charge is 0.127 e. The predicted molar refractivity (Wildman–Crippen MR) is 73.3 cm³/mol. The number of methoxy groups -OCH3 is 1. The number of hydrogen-bond donors (Lipinski definition) is 0. The Labute approximate surface area is 106 Å². The van der Waals surface area contributed by atoms with Gasteiger partial charge >= 0.3 is 0 Å². The second-order valence-electron chi connectivity index (χ2n) is 4.22. The van der Waals surface area contributed by atoms with E-state index in [-0.39, 0.29) is 0 Å². The first-order valence-electron chi connectivity index (χ1n) is 5.96. The molecule has 0 radical (unpaired) electrons. The fraction of sp³-hybridized carbons (Fsp3) is 0.125. The van der Waals surface area contributed by atoms with Crippen molar-refractivity contribution in [2.75, 3.05) is 7.11 Å². The summed E-state index contributed by atoms with van der Waals surface area (Å²) in [5.41, 5.74) is 2.27. The Morgan fingerprint density at radius 1 is 1.11 bits per heavy atom. The van der Waals surface area contributed by atoms with Crippen LogP contribution in [-0.4, -0.2) is 7.11 Å². The molecule has 2 aromatic rings. The van der Waals surface area contributed by atoms with Gasteiger partial charge in [0.05, 0.1) is 19.6 Å². The number of rotatable bonds is 2. The van der Waals surface area contributed by atoms with E-state index in [1.807, 2.05) is 24.3 Å². The number of allylic oxidation sites excluding steroid dienone is 2. The van der Waals surface area contributed by atoms with Crippen LogP contribution in [0.3, 0.4) is 0 Å². The molecule has 0 N–H and O–H groups in total. The third kappa shape index (κ3) is 1.76. The third-order valence-electron chi connectivity index (χ3n) is 3.15. The van der Waals surface area contributed by atoms with Gasteiger partial charge in [0.15, 0.2) is 0 Å². The van der Waals surface area contributed by atoms with E-state index in [4.69, 9.17) is 9.47 Å². The highest BCUT2D eigenvalue weighted by Gasteiger charge is 2.13. The van der Waals surface area contributed by atoms with Crippen molar-refractivity contribution < 1.29 is 9.47 Å². The van der Waals surface area contributed by atoms with E-state index in [0.29, 0.717) is 0 Å². The predicted octanol–water partition coefficient (Wildman–Crippen LogP) is 4.12. The summed E-state index contributed by atoms with van der Waals surface area (Å²) < 4.78 is 10.8. The summed E-state index contributed by atoms with van der Waals surface area (Å²) >= 11 is 0. The molecule has 1 heterocycles. The molecule has 1 aliphatic heterocycles. The van der Waals surface area contributed by atoms with Crippen molar-refractivity contribution in [3.8, 4) is 5.75 Å². The molecule has 0 fully saturated rings. The van der Waals surface area contributed by atoms with Crippen molar-refractivity contribution in [1.82, 2.24) is 0 Å². The average molecular weight is 238 g/mol. The number of benzene rings is 2. The lowest BCUT2D eigenvalue weighted by Crippen LogP contribution is -1.95. The number of fused-ring (bicyclic) bond motifs is 1. The molecule has 0 amide bonds. The zero-order valence-corrected chi connectivity index (χ0v) is 10.2. The maximum atomic E-state index is 5.49. The Kier molecular flexibility index (Phi) is 2.77. The largest absolute Gasteiger partial charge is 0.496 e. The first kappa shape index (κ1) is 10.9. The van der Waals surface area contributed by atoms with Gasteiger partial charge in [-0.15, -0.1) is 0 Å². The van der Waals surface area contributed by atoms with Crippen molar-refractivity contribution >= 4 is 16.3 Å². The van der Waals surface area contributed by atoms with Crippen LogP contribution >= 0.6 is 0 Å². The topological polar surface area (TPSA) is 18.5 Å². The number of ether oxygens (including phenoxy) is 2. The molecule has 1 aliphatic rings. The molecule has 0 saturated heterocycles. The van der Waals surface area contributed by atoms with Gasteiger partial charge in [0.1, 0.15) is 5.75 Å². The highest BCUT2D eigenvalue weighted by molar-refractivity contribution is 5.96. The summed E-state index contributed by atoms with van der Waals surface area (Å²) in [6, 6.07) is 12.4. The minimum absolute atomic E-state index is 0.865. The van der Waals surface area contributed by atoms with Crippen molar-refractivity contribution in [2.24, 2.45) is 0 Å². The summed E-state index contributed by atoms with van der Waals surface area (Å²) in [6.45, 7) is 0. The van der Waals surface area contributed by atoms with Crippen LogP contribution in [0, 0.1) is 0 Å². The van der Waals surface area contributed by atoms with E-state index in [2.05, 4.69) is 18.2 Å². The van der Waals surface area contributed by atoms with Crippen LogP contribution < -0.4 is 4.74 Å². The van der Waals surface area contributed by atoms with Crippen molar-refractivity contribution in [1.29, 1.82) is 0 Å². The van der Waals surface area contributed by atoms with Gasteiger partial charge in [0.25, 0.3) is 0 Å². The van der Waals surface area contributed by atoms with E-state index in [1.165, 1.54) is 10.8 Å². The Bertz CT molecular complexity index is 639. The van der Waals surface area contributed by atoms with Crippen molar-refractivity contribution in [2.45, 2.75) is 6.42 Å². The fourth-order valence-electron chi connectivity index (χ4n) is 2.31. The molecule has 90 valence electrons. The van der Waals surface area contributed by atoms with Gasteiger partial charge < -0.3 is 9.47 Å². The van der Waals surface area contributed by atoms with Crippen molar-refractivity contribution in [3.63, 3.8) is 0 Å². The van der Waals surface area contributed by atoms with Crippen LogP contribution in [0.25, 0.3) is 16.3 Å². The molecule has 0 spiro atoms. The molecule has 3 rings (SSSR count). The average Bonchev–Trinajstić information content (AvgIpc) is 2.47. The van der Waals surface area contributed by atoms with E-state index < -0.39 is 0 Å². The second-order valence-corrected chi connectivity index (χ2v) is 4.22. The zero-order valence-electron chi connectivity index (χ0n) is 10.2. The van der Waals surface area contributed by atoms with Gasteiger partial charge in [0, 0.05) is 11.1 Å². The van der Waals surface area contributed by atoms with Gasteiger partial charge in [0.2, 0.25) is 0 Å². The molecular weight excluding hydrogens is 224 g/mol. The van der Waals surface area contributed by atoms with Gasteiger partial charge in [-0.3, -0.25) is 0 Å². The molecule has 2 heteroatoms. The molecular formula is C16H14O2. The van der Waals surface area contributed by atoms with Crippen LogP contribution in [0.1, 0.15) is 12.0 Å². The summed E-state index contributed by atoms with van der Waals surface area (Å²) in [7, 11) is 1.70. The molecule has 18 heavy (non-hydrogen) atoms. The number of hydrogen-bond acceptors (Lipinski definition) is 2. The van der Waals surface area contributed by atoms with Crippen LogP contribution in [0.5, 0.6) is 5.75 Å². The van der Waals surface area contributed by atoms with Gasteiger partial charge in [-0.2, -0.15) is 0 Å². The Morgan fingerprint density at radius 2 is 2.00 bits per heavy atom. The summed E-state index contributed by atoms with van der Waals surface area (Å²) in [5, 5.41) is 2.41. The summed E-state index contributed by atoms with van der Waals surface area (Å²) in [5.74, 6) is 0.888. The van der Waals surface area contributed by atoms with Crippen LogP contribution in [0.4, 0.5) is 0 Å². The van der Waals surface area contributed by atoms with Gasteiger partial charge in [-0.1, -0.05) is 30.3 Å². The van der Waals surface area contributed by atoms with Crippen LogP contribution in [0.15, 0.2) is 55.0 Å². The quantitative estimate of drug-likeness (QED) is 0.783. The van der Waals surface area contributed by atoms with E-state index in [0.717, 1.165) is 23.3 Å². The lowest BCUT2D eigenvalue weighted by molar-refractivity contribution is 0.394. The maximum absolute atomic E-state index is 5.49. The maximum Gasteiger partial charge on any atom is 0.127 e. The van der Waals surface area contributed by atoms with Crippen molar-refractivity contribution in [3.05, 3.63) is 60.6 Å². The molecule has 2 nitrogen and oxygen atoms in total. The monoisotopic (exact) mass is 238 g/mol. The lowest BCUT2D eigenvalue weighted by Gasteiger charge is -2.15. The first-order valence-corrected chi connectivity index (χ1v) is 5.96. The van der Waals surface area contributed by atoms with Gasteiger partial charge in [-0.05, 0) is 29.3 Å². The zero-order chi connectivity index (χ0) is 12.4.